The summed E-state index contributed by atoms with van der Waals surface area (Å²) in [7, 11) is 0. The molecule has 0 radical (unpaired) electrons. The van der Waals surface area contributed by atoms with Crippen LogP contribution in [0.1, 0.15) is 40.0 Å². The van der Waals surface area contributed by atoms with E-state index < -0.39 is 0 Å². The first-order valence-electron chi connectivity index (χ1n) is 6.35. The Labute approximate surface area is 104 Å². The van der Waals surface area contributed by atoms with E-state index in [1.165, 1.54) is 0 Å². The number of amides is 2. The van der Waals surface area contributed by atoms with Crippen molar-refractivity contribution in [1.82, 2.24) is 10.2 Å². The van der Waals surface area contributed by atoms with E-state index in [2.05, 4.69) is 5.32 Å². The highest BCUT2D eigenvalue weighted by Gasteiger charge is 2.17. The van der Waals surface area contributed by atoms with Crippen LogP contribution in [0.4, 0.5) is 0 Å². The summed E-state index contributed by atoms with van der Waals surface area (Å²) >= 11 is 0. The number of nitrogens with zero attached hydrogens (tertiary/aromatic N) is 1. The molecule has 3 N–H and O–H groups in total. The molecule has 0 saturated carbocycles. The average Bonchev–Trinajstić information content (AvgIpc) is 2.26. The Morgan fingerprint density at radius 1 is 1.29 bits per heavy atom. The van der Waals surface area contributed by atoms with E-state index in [1.807, 2.05) is 20.8 Å². The fourth-order valence-corrected chi connectivity index (χ4v) is 1.63. The molecule has 0 aliphatic carbocycles. The van der Waals surface area contributed by atoms with E-state index in [9.17, 15) is 9.59 Å². The second-order valence-electron chi connectivity index (χ2n) is 4.11. The van der Waals surface area contributed by atoms with Gasteiger partial charge in [0, 0.05) is 25.6 Å². The lowest BCUT2D eigenvalue weighted by Crippen LogP contribution is -2.42. The molecule has 2 amide bonds. The first-order chi connectivity index (χ1) is 8.04. The number of carbonyl (C=O) groups is 2. The van der Waals surface area contributed by atoms with Crippen LogP contribution in [-0.4, -0.2) is 42.4 Å². The Balaban J connectivity index is 4.16. The van der Waals surface area contributed by atoms with Crippen LogP contribution < -0.4 is 11.1 Å². The highest BCUT2D eigenvalue weighted by atomic mass is 16.2. The number of nitrogens with one attached hydrogen (secondary N) is 1. The van der Waals surface area contributed by atoms with E-state index in [4.69, 9.17) is 5.73 Å². The molecule has 0 fully saturated rings. The van der Waals surface area contributed by atoms with Crippen LogP contribution >= 0.6 is 0 Å². The standard InChI is InChI=1S/C12H25N3O2/c1-4-7-10(13)8-12(17)15(6-3)9-11(16)14-5-2/h10H,4-9,13H2,1-3H3,(H,14,16). The van der Waals surface area contributed by atoms with Gasteiger partial charge in [-0.2, -0.15) is 0 Å². The predicted molar refractivity (Wildman–Crippen MR) is 68.4 cm³/mol. The van der Waals surface area contributed by atoms with Gasteiger partial charge in [0.05, 0.1) is 6.54 Å². The van der Waals surface area contributed by atoms with Gasteiger partial charge in [-0.1, -0.05) is 13.3 Å². The Morgan fingerprint density at radius 3 is 2.41 bits per heavy atom. The lowest BCUT2D eigenvalue weighted by Gasteiger charge is -2.22. The van der Waals surface area contributed by atoms with Crippen molar-refractivity contribution in [2.24, 2.45) is 5.73 Å². The summed E-state index contributed by atoms with van der Waals surface area (Å²) in [6, 6.07) is -0.101. The fourth-order valence-electron chi connectivity index (χ4n) is 1.63. The Hall–Kier alpha value is -1.10. The van der Waals surface area contributed by atoms with E-state index in [0.717, 1.165) is 12.8 Å². The zero-order valence-electron chi connectivity index (χ0n) is 11.2. The normalized spacial score (nSPS) is 12.0. The van der Waals surface area contributed by atoms with Gasteiger partial charge in [0.15, 0.2) is 0 Å². The molecular weight excluding hydrogens is 218 g/mol. The first kappa shape index (κ1) is 15.9. The highest BCUT2D eigenvalue weighted by Crippen LogP contribution is 2.02. The summed E-state index contributed by atoms with van der Waals surface area (Å²) < 4.78 is 0. The monoisotopic (exact) mass is 243 g/mol. The van der Waals surface area contributed by atoms with Gasteiger partial charge in [-0.25, -0.2) is 0 Å². The summed E-state index contributed by atoms with van der Waals surface area (Å²) in [5.74, 6) is -0.161. The largest absolute Gasteiger partial charge is 0.355 e. The quantitative estimate of drug-likeness (QED) is 0.651. The van der Waals surface area contributed by atoms with Crippen LogP contribution in [0.2, 0.25) is 0 Å². The number of nitrogens with two attached hydrogens (primary N) is 1. The summed E-state index contributed by atoms with van der Waals surface area (Å²) in [6.45, 7) is 7.00. The van der Waals surface area contributed by atoms with Gasteiger partial charge in [0.1, 0.15) is 0 Å². The minimum absolute atomic E-state index is 0.0419. The number of carbonyl (C=O) groups excluding carboxylic acids is 2. The van der Waals surface area contributed by atoms with Crippen molar-refractivity contribution in [1.29, 1.82) is 0 Å². The Kier molecular flexibility index (Phi) is 8.40. The third kappa shape index (κ3) is 6.94. The van der Waals surface area contributed by atoms with Crippen LogP contribution in [0.5, 0.6) is 0 Å². The smallest absolute Gasteiger partial charge is 0.239 e. The van der Waals surface area contributed by atoms with Gasteiger partial charge in [-0.05, 0) is 20.3 Å². The molecule has 0 aliphatic heterocycles. The molecule has 0 bridgehead atoms. The molecule has 5 nitrogen and oxygen atoms in total. The lowest BCUT2D eigenvalue weighted by atomic mass is 10.1. The second-order valence-corrected chi connectivity index (χ2v) is 4.11. The van der Waals surface area contributed by atoms with Crippen molar-refractivity contribution in [2.75, 3.05) is 19.6 Å². The van der Waals surface area contributed by atoms with Crippen molar-refractivity contribution in [2.45, 2.75) is 46.1 Å². The molecule has 0 saturated heterocycles. The van der Waals surface area contributed by atoms with Crippen LogP contribution in [0.15, 0.2) is 0 Å². The summed E-state index contributed by atoms with van der Waals surface area (Å²) in [4.78, 5) is 24.8. The van der Waals surface area contributed by atoms with Crippen molar-refractivity contribution < 1.29 is 9.59 Å². The average molecular weight is 243 g/mol. The van der Waals surface area contributed by atoms with Crippen LogP contribution in [0.3, 0.4) is 0 Å². The second kappa shape index (κ2) is 8.98. The van der Waals surface area contributed by atoms with E-state index in [-0.39, 0.29) is 24.4 Å². The maximum Gasteiger partial charge on any atom is 0.239 e. The van der Waals surface area contributed by atoms with Crippen molar-refractivity contribution in [3.8, 4) is 0 Å². The molecule has 0 aromatic heterocycles. The van der Waals surface area contributed by atoms with Crippen LogP contribution in [0.25, 0.3) is 0 Å². The molecule has 0 heterocycles. The molecule has 0 rings (SSSR count). The highest BCUT2D eigenvalue weighted by molar-refractivity contribution is 5.84. The number of rotatable bonds is 8. The van der Waals surface area contributed by atoms with Crippen molar-refractivity contribution in [3.63, 3.8) is 0 Å². The van der Waals surface area contributed by atoms with Crippen molar-refractivity contribution >= 4 is 11.8 Å². The summed E-state index contributed by atoms with van der Waals surface area (Å²) in [6.07, 6.45) is 2.13. The SMILES string of the molecule is CCCC(N)CC(=O)N(CC)CC(=O)NCC. The van der Waals surface area contributed by atoms with E-state index >= 15 is 0 Å². The fraction of sp³-hybridized carbons (Fsp3) is 0.833. The maximum atomic E-state index is 11.9. The Morgan fingerprint density at radius 2 is 1.94 bits per heavy atom. The third-order valence-electron chi connectivity index (χ3n) is 2.54. The van der Waals surface area contributed by atoms with E-state index in [0.29, 0.717) is 19.5 Å². The zero-order chi connectivity index (χ0) is 13.3. The molecular formula is C12H25N3O2. The molecule has 1 unspecified atom stereocenters. The van der Waals surface area contributed by atoms with Gasteiger partial charge in [0.2, 0.25) is 11.8 Å². The summed E-state index contributed by atoms with van der Waals surface area (Å²) in [5, 5.41) is 2.68. The first-order valence-corrected chi connectivity index (χ1v) is 6.35. The van der Waals surface area contributed by atoms with Crippen LogP contribution in [-0.2, 0) is 9.59 Å². The minimum Gasteiger partial charge on any atom is -0.355 e. The number of likely N-dealkylation sites (N-methyl/N-ethyl adjacent to an activating group) is 2. The van der Waals surface area contributed by atoms with Gasteiger partial charge >= 0.3 is 0 Å². The molecule has 0 aromatic rings. The number of hydrogen-bond acceptors (Lipinski definition) is 3. The molecule has 0 aromatic carbocycles. The maximum absolute atomic E-state index is 11.9. The molecule has 1 atom stereocenters. The Bertz CT molecular complexity index is 244. The molecule has 100 valence electrons. The number of hydrogen-bond donors (Lipinski definition) is 2. The van der Waals surface area contributed by atoms with Gasteiger partial charge in [-0.15, -0.1) is 0 Å². The lowest BCUT2D eigenvalue weighted by molar-refractivity contribution is -0.136. The van der Waals surface area contributed by atoms with Gasteiger partial charge < -0.3 is 16.0 Å². The van der Waals surface area contributed by atoms with Gasteiger partial charge in [-0.3, -0.25) is 9.59 Å². The van der Waals surface area contributed by atoms with Gasteiger partial charge in [0.25, 0.3) is 0 Å². The van der Waals surface area contributed by atoms with Crippen LogP contribution in [0, 0.1) is 0 Å². The zero-order valence-corrected chi connectivity index (χ0v) is 11.2. The molecule has 17 heavy (non-hydrogen) atoms. The molecule has 0 spiro atoms. The predicted octanol–water partition coefficient (Wildman–Crippen LogP) is 0.489. The topological polar surface area (TPSA) is 75.4 Å². The third-order valence-corrected chi connectivity index (χ3v) is 2.54. The molecule has 5 heteroatoms. The van der Waals surface area contributed by atoms with E-state index in [1.54, 1.807) is 4.90 Å². The summed E-state index contributed by atoms with van der Waals surface area (Å²) in [5.41, 5.74) is 5.82. The molecule has 0 aliphatic rings. The minimum atomic E-state index is -0.119. The van der Waals surface area contributed by atoms with Crippen molar-refractivity contribution in [3.05, 3.63) is 0 Å².